The molecule has 27 heavy (non-hydrogen) atoms. The van der Waals surface area contributed by atoms with Crippen molar-refractivity contribution in [3.63, 3.8) is 0 Å². The van der Waals surface area contributed by atoms with Crippen molar-refractivity contribution < 1.29 is 4.79 Å². The lowest BCUT2D eigenvalue weighted by molar-refractivity contribution is 0.0428. The van der Waals surface area contributed by atoms with Crippen molar-refractivity contribution >= 4 is 17.5 Å². The van der Waals surface area contributed by atoms with Gasteiger partial charge in [-0.2, -0.15) is 0 Å². The van der Waals surface area contributed by atoms with E-state index in [1.807, 2.05) is 24.1 Å². The molecule has 144 valence electrons. The normalized spacial score (nSPS) is 16.3. The predicted octanol–water partition coefficient (Wildman–Crippen LogP) is 5.33. The zero-order valence-electron chi connectivity index (χ0n) is 16.5. The van der Waals surface area contributed by atoms with E-state index in [1.54, 1.807) is 12.1 Å². The largest absolute Gasteiger partial charge is 0.332 e. The maximum Gasteiger partial charge on any atom is 0.254 e. The topological polar surface area (TPSA) is 23.6 Å². The van der Waals surface area contributed by atoms with Crippen LogP contribution in [0.3, 0.4) is 0 Å². The highest BCUT2D eigenvalue weighted by molar-refractivity contribution is 6.30. The summed E-state index contributed by atoms with van der Waals surface area (Å²) in [5.74, 6) is 0.0611. The van der Waals surface area contributed by atoms with Crippen LogP contribution in [-0.2, 0) is 12.1 Å². The van der Waals surface area contributed by atoms with Gasteiger partial charge in [0.2, 0.25) is 0 Å². The van der Waals surface area contributed by atoms with Gasteiger partial charge in [-0.15, -0.1) is 0 Å². The van der Waals surface area contributed by atoms with E-state index in [9.17, 15) is 4.79 Å². The quantitative estimate of drug-likeness (QED) is 0.695. The van der Waals surface area contributed by atoms with Crippen molar-refractivity contribution in [1.82, 2.24) is 9.80 Å². The van der Waals surface area contributed by atoms with E-state index in [-0.39, 0.29) is 11.4 Å². The lowest BCUT2D eigenvalue weighted by Crippen LogP contribution is -2.48. The van der Waals surface area contributed by atoms with Crippen molar-refractivity contribution in [3.8, 4) is 0 Å². The van der Waals surface area contributed by atoms with Gasteiger partial charge in [0.15, 0.2) is 0 Å². The molecule has 3 rings (SSSR count). The van der Waals surface area contributed by atoms with Crippen LogP contribution in [0.4, 0.5) is 0 Å². The van der Waals surface area contributed by atoms with Gasteiger partial charge in [-0.05, 0) is 62.3 Å². The molecule has 2 aromatic rings. The van der Waals surface area contributed by atoms with Crippen LogP contribution in [0.5, 0.6) is 0 Å². The minimum Gasteiger partial charge on any atom is -0.332 e. The number of hydrogen-bond acceptors (Lipinski definition) is 2. The zero-order chi connectivity index (χ0) is 19.4. The third-order valence-corrected chi connectivity index (χ3v) is 5.96. The first-order chi connectivity index (χ1) is 12.9. The Morgan fingerprint density at radius 1 is 0.926 bits per heavy atom. The van der Waals surface area contributed by atoms with Gasteiger partial charge in [0.1, 0.15) is 0 Å². The van der Waals surface area contributed by atoms with E-state index in [1.165, 1.54) is 17.5 Å². The molecule has 0 aromatic heterocycles. The summed E-state index contributed by atoms with van der Waals surface area (Å²) in [4.78, 5) is 17.4. The fourth-order valence-electron chi connectivity index (χ4n) is 4.22. The summed E-state index contributed by atoms with van der Waals surface area (Å²) in [6, 6.07) is 16.0. The molecule has 1 amide bonds. The number of hydrogen-bond donors (Lipinski definition) is 0. The Kier molecular flexibility index (Phi) is 6.23. The molecule has 0 radical (unpaired) electrons. The number of halogens is 1. The number of amides is 1. The first kappa shape index (κ1) is 19.9. The Bertz CT molecular complexity index is 762. The van der Waals surface area contributed by atoms with Gasteiger partial charge in [0, 0.05) is 24.2 Å². The molecule has 4 heteroatoms. The summed E-state index contributed by atoms with van der Waals surface area (Å²) in [6.07, 6.45) is 5.56. The van der Waals surface area contributed by atoms with E-state index < -0.39 is 0 Å². The minimum absolute atomic E-state index is 0.0611. The second-order valence-electron chi connectivity index (χ2n) is 7.90. The number of carbonyl (C=O) groups is 1. The fraction of sp³-hybridized carbons (Fsp3) is 0.435. The molecule has 0 N–H and O–H groups in total. The second kappa shape index (κ2) is 8.45. The summed E-state index contributed by atoms with van der Waals surface area (Å²) in [5, 5.41) is 0.651. The maximum atomic E-state index is 13.2. The molecule has 1 aliphatic carbocycles. The second-order valence-corrected chi connectivity index (χ2v) is 8.33. The molecule has 0 aliphatic heterocycles. The van der Waals surface area contributed by atoms with E-state index in [0.29, 0.717) is 10.6 Å². The summed E-state index contributed by atoms with van der Waals surface area (Å²) >= 11 is 5.99. The number of benzene rings is 2. The zero-order valence-corrected chi connectivity index (χ0v) is 17.3. The molecule has 0 unspecified atom stereocenters. The average Bonchev–Trinajstić information content (AvgIpc) is 2.68. The smallest absolute Gasteiger partial charge is 0.254 e. The first-order valence-electron chi connectivity index (χ1n) is 9.70. The van der Waals surface area contributed by atoms with Gasteiger partial charge in [0.25, 0.3) is 5.91 Å². The highest BCUT2D eigenvalue weighted by atomic mass is 35.5. The van der Waals surface area contributed by atoms with Crippen LogP contribution in [0.2, 0.25) is 5.02 Å². The van der Waals surface area contributed by atoms with E-state index in [4.69, 9.17) is 11.6 Å². The molecular formula is C23H29ClN2O. The molecule has 1 saturated carbocycles. The van der Waals surface area contributed by atoms with Crippen molar-refractivity contribution in [2.24, 2.45) is 0 Å². The Hall–Kier alpha value is -1.84. The van der Waals surface area contributed by atoms with Crippen LogP contribution in [0.15, 0.2) is 48.5 Å². The van der Waals surface area contributed by atoms with Gasteiger partial charge in [0.05, 0.1) is 5.54 Å². The maximum absolute atomic E-state index is 13.2. The van der Waals surface area contributed by atoms with Crippen molar-refractivity contribution in [2.45, 2.75) is 44.2 Å². The van der Waals surface area contributed by atoms with Crippen LogP contribution in [0.1, 0.15) is 53.6 Å². The number of nitrogens with zero attached hydrogens (tertiary/aromatic N) is 2. The molecule has 1 aliphatic rings. The van der Waals surface area contributed by atoms with Crippen LogP contribution < -0.4 is 0 Å². The van der Waals surface area contributed by atoms with Crippen molar-refractivity contribution in [1.29, 1.82) is 0 Å². The first-order valence-corrected chi connectivity index (χ1v) is 10.1. The molecular weight excluding hydrogens is 356 g/mol. The lowest BCUT2D eigenvalue weighted by atomic mass is 9.75. The van der Waals surface area contributed by atoms with E-state index in [0.717, 1.165) is 32.2 Å². The van der Waals surface area contributed by atoms with Gasteiger partial charge in [-0.3, -0.25) is 4.79 Å². The SMILES string of the molecule is CN(C)Cc1ccc(C2(N(C)C(=O)c3ccc(Cl)cc3)CCCCC2)cc1. The average molecular weight is 385 g/mol. The molecule has 0 atom stereocenters. The Balaban J connectivity index is 1.92. The lowest BCUT2D eigenvalue weighted by Gasteiger charge is -2.45. The van der Waals surface area contributed by atoms with Crippen LogP contribution in [0, 0.1) is 0 Å². The summed E-state index contributed by atoms with van der Waals surface area (Å²) in [5.41, 5.74) is 3.00. The molecule has 2 aromatic carbocycles. The van der Waals surface area contributed by atoms with Gasteiger partial charge in [-0.25, -0.2) is 0 Å². The van der Waals surface area contributed by atoms with Gasteiger partial charge in [-0.1, -0.05) is 55.1 Å². The molecule has 0 heterocycles. The number of rotatable bonds is 5. The Labute approximate surface area is 167 Å². The summed E-state index contributed by atoms with van der Waals surface area (Å²) in [7, 11) is 6.11. The third kappa shape index (κ3) is 4.36. The van der Waals surface area contributed by atoms with Crippen LogP contribution in [0.25, 0.3) is 0 Å². The predicted molar refractivity (Wildman–Crippen MR) is 112 cm³/mol. The summed E-state index contributed by atoms with van der Waals surface area (Å²) < 4.78 is 0. The minimum atomic E-state index is -0.231. The summed E-state index contributed by atoms with van der Waals surface area (Å²) in [6.45, 7) is 0.923. The Morgan fingerprint density at radius 2 is 1.52 bits per heavy atom. The molecule has 0 spiro atoms. The number of carbonyl (C=O) groups excluding carboxylic acids is 1. The monoisotopic (exact) mass is 384 g/mol. The highest BCUT2D eigenvalue weighted by Gasteiger charge is 2.40. The third-order valence-electron chi connectivity index (χ3n) is 5.71. The molecule has 3 nitrogen and oxygen atoms in total. The Morgan fingerprint density at radius 3 is 2.07 bits per heavy atom. The fourth-order valence-corrected chi connectivity index (χ4v) is 4.35. The van der Waals surface area contributed by atoms with Crippen LogP contribution in [-0.4, -0.2) is 36.9 Å². The standard InChI is InChI=1S/C23H29ClN2O/c1-25(2)17-18-7-11-20(12-8-18)23(15-5-4-6-16-23)26(3)22(27)19-9-13-21(24)14-10-19/h7-14H,4-6,15-17H2,1-3H3. The molecule has 0 bridgehead atoms. The highest BCUT2D eigenvalue weighted by Crippen LogP contribution is 2.42. The van der Waals surface area contributed by atoms with Crippen molar-refractivity contribution in [3.05, 3.63) is 70.2 Å². The van der Waals surface area contributed by atoms with Gasteiger partial charge < -0.3 is 9.80 Å². The van der Waals surface area contributed by atoms with E-state index >= 15 is 0 Å². The van der Waals surface area contributed by atoms with Gasteiger partial charge >= 0.3 is 0 Å². The van der Waals surface area contributed by atoms with Crippen LogP contribution >= 0.6 is 11.6 Å². The van der Waals surface area contributed by atoms with Crippen molar-refractivity contribution in [2.75, 3.05) is 21.1 Å². The van der Waals surface area contributed by atoms with E-state index in [2.05, 4.69) is 43.3 Å². The molecule has 1 fully saturated rings. The molecule has 0 saturated heterocycles.